The fraction of sp³-hybridized carbons (Fsp3) is 0.190. The fourth-order valence-electron chi connectivity index (χ4n) is 3.20. The van der Waals surface area contributed by atoms with Crippen molar-refractivity contribution in [3.63, 3.8) is 0 Å². The SMILES string of the molecule is CN(CCn1ncc2c(-c3ccc(F)cc3Cl)ncnc21)Cc1ccc(F)cc1. The largest absolute Gasteiger partial charge is 0.300 e. The van der Waals surface area contributed by atoms with Gasteiger partial charge in [-0.1, -0.05) is 23.7 Å². The van der Waals surface area contributed by atoms with Crippen molar-refractivity contribution in [2.45, 2.75) is 13.1 Å². The predicted molar refractivity (Wildman–Crippen MR) is 108 cm³/mol. The Morgan fingerprint density at radius 1 is 1.03 bits per heavy atom. The zero-order chi connectivity index (χ0) is 20.4. The van der Waals surface area contributed by atoms with Gasteiger partial charge in [0.1, 0.15) is 18.0 Å². The van der Waals surface area contributed by atoms with E-state index >= 15 is 0 Å². The van der Waals surface area contributed by atoms with Gasteiger partial charge in [-0.25, -0.2) is 23.4 Å². The molecular formula is C21H18ClF2N5. The second-order valence-electron chi connectivity index (χ2n) is 6.82. The number of likely N-dealkylation sites (N-methyl/N-ethyl adjacent to an activating group) is 1. The zero-order valence-electron chi connectivity index (χ0n) is 15.7. The molecule has 0 aliphatic heterocycles. The number of hydrogen-bond donors (Lipinski definition) is 0. The number of nitrogens with zero attached hydrogens (tertiary/aromatic N) is 5. The van der Waals surface area contributed by atoms with Crippen molar-refractivity contribution in [1.29, 1.82) is 0 Å². The van der Waals surface area contributed by atoms with Gasteiger partial charge in [-0.05, 0) is 42.9 Å². The van der Waals surface area contributed by atoms with Crippen molar-refractivity contribution in [1.82, 2.24) is 24.6 Å². The number of rotatable bonds is 6. The van der Waals surface area contributed by atoms with Gasteiger partial charge in [-0.3, -0.25) is 0 Å². The van der Waals surface area contributed by atoms with Crippen LogP contribution in [0.2, 0.25) is 5.02 Å². The lowest BCUT2D eigenvalue weighted by Gasteiger charge is -2.16. The van der Waals surface area contributed by atoms with Gasteiger partial charge >= 0.3 is 0 Å². The lowest BCUT2D eigenvalue weighted by atomic mass is 10.1. The number of halogens is 3. The standard InChI is InChI=1S/C21H18ClF2N5/c1-28(12-14-2-4-15(23)5-3-14)8-9-29-21-18(11-27-29)20(25-13-26-21)17-7-6-16(24)10-19(17)22/h2-7,10-11,13H,8-9,12H2,1H3. The van der Waals surface area contributed by atoms with Crippen LogP contribution in [0.1, 0.15) is 5.56 Å². The number of benzene rings is 2. The topological polar surface area (TPSA) is 46.8 Å². The minimum atomic E-state index is -0.399. The Morgan fingerprint density at radius 2 is 1.79 bits per heavy atom. The van der Waals surface area contributed by atoms with E-state index in [-0.39, 0.29) is 10.8 Å². The third kappa shape index (κ3) is 4.26. The summed E-state index contributed by atoms with van der Waals surface area (Å²) in [6.07, 6.45) is 3.15. The van der Waals surface area contributed by atoms with E-state index in [1.165, 1.54) is 30.6 Å². The van der Waals surface area contributed by atoms with E-state index in [1.807, 2.05) is 7.05 Å². The highest BCUT2D eigenvalue weighted by Gasteiger charge is 2.14. The van der Waals surface area contributed by atoms with E-state index < -0.39 is 5.82 Å². The number of fused-ring (bicyclic) bond motifs is 1. The molecule has 0 fully saturated rings. The molecule has 4 aromatic rings. The van der Waals surface area contributed by atoms with Crippen molar-refractivity contribution >= 4 is 22.6 Å². The van der Waals surface area contributed by atoms with Crippen molar-refractivity contribution in [2.75, 3.05) is 13.6 Å². The molecule has 0 bridgehead atoms. The van der Waals surface area contributed by atoms with Crippen LogP contribution in [-0.2, 0) is 13.1 Å². The molecule has 0 saturated heterocycles. The second kappa shape index (κ2) is 8.23. The lowest BCUT2D eigenvalue weighted by Crippen LogP contribution is -2.23. The Kier molecular flexibility index (Phi) is 5.51. The molecule has 8 heteroatoms. The van der Waals surface area contributed by atoms with Gasteiger partial charge in [0.2, 0.25) is 0 Å². The van der Waals surface area contributed by atoms with E-state index in [0.717, 1.165) is 17.5 Å². The van der Waals surface area contributed by atoms with Crippen LogP contribution in [0.25, 0.3) is 22.3 Å². The molecule has 2 aromatic carbocycles. The average molecular weight is 414 g/mol. The first-order chi connectivity index (χ1) is 14.0. The predicted octanol–water partition coefficient (Wildman–Crippen LogP) is 4.56. The summed E-state index contributed by atoms with van der Waals surface area (Å²) in [7, 11) is 1.99. The summed E-state index contributed by atoms with van der Waals surface area (Å²) in [5, 5.41) is 5.48. The van der Waals surface area contributed by atoms with E-state index in [9.17, 15) is 8.78 Å². The minimum absolute atomic E-state index is 0.240. The molecule has 0 aliphatic carbocycles. The minimum Gasteiger partial charge on any atom is -0.300 e. The van der Waals surface area contributed by atoms with Crippen LogP contribution in [0.3, 0.4) is 0 Å². The van der Waals surface area contributed by atoms with E-state index in [0.29, 0.717) is 30.0 Å². The normalized spacial score (nSPS) is 11.5. The Bertz CT molecular complexity index is 1140. The summed E-state index contributed by atoms with van der Waals surface area (Å²) in [5.74, 6) is -0.639. The van der Waals surface area contributed by atoms with Gasteiger partial charge in [0.15, 0.2) is 5.65 Å². The summed E-state index contributed by atoms with van der Waals surface area (Å²) < 4.78 is 28.2. The highest BCUT2D eigenvalue weighted by atomic mass is 35.5. The number of aromatic nitrogens is 4. The molecule has 4 rings (SSSR count). The Hall–Kier alpha value is -2.90. The van der Waals surface area contributed by atoms with Gasteiger partial charge in [0.25, 0.3) is 0 Å². The maximum atomic E-state index is 13.4. The van der Waals surface area contributed by atoms with E-state index in [1.54, 1.807) is 29.1 Å². The lowest BCUT2D eigenvalue weighted by molar-refractivity contribution is 0.307. The summed E-state index contributed by atoms with van der Waals surface area (Å²) in [6.45, 7) is 2.05. The van der Waals surface area contributed by atoms with Gasteiger partial charge < -0.3 is 4.90 Å². The van der Waals surface area contributed by atoms with Crippen molar-refractivity contribution < 1.29 is 8.78 Å². The molecule has 148 valence electrons. The molecule has 0 radical (unpaired) electrons. The van der Waals surface area contributed by atoms with Gasteiger partial charge in [0.05, 0.1) is 28.8 Å². The molecule has 29 heavy (non-hydrogen) atoms. The third-order valence-corrected chi connectivity index (χ3v) is 4.99. The first kappa shape index (κ1) is 19.4. The molecule has 0 amide bonds. The van der Waals surface area contributed by atoms with Crippen LogP contribution in [0, 0.1) is 11.6 Å². The summed E-state index contributed by atoms with van der Waals surface area (Å²) in [5.41, 5.74) is 2.97. The summed E-state index contributed by atoms with van der Waals surface area (Å²) in [4.78, 5) is 10.8. The highest BCUT2D eigenvalue weighted by Crippen LogP contribution is 2.31. The van der Waals surface area contributed by atoms with Crippen LogP contribution in [-0.4, -0.2) is 38.2 Å². The molecular weight excluding hydrogens is 396 g/mol. The van der Waals surface area contributed by atoms with E-state index in [2.05, 4.69) is 20.0 Å². The van der Waals surface area contributed by atoms with Crippen LogP contribution in [0.15, 0.2) is 55.0 Å². The molecule has 0 atom stereocenters. The van der Waals surface area contributed by atoms with Crippen LogP contribution >= 0.6 is 11.6 Å². The molecule has 0 saturated carbocycles. The average Bonchev–Trinajstić information content (AvgIpc) is 3.12. The van der Waals surface area contributed by atoms with Gasteiger partial charge in [-0.2, -0.15) is 5.10 Å². The third-order valence-electron chi connectivity index (χ3n) is 4.68. The highest BCUT2D eigenvalue weighted by molar-refractivity contribution is 6.33. The molecule has 2 heterocycles. The van der Waals surface area contributed by atoms with E-state index in [4.69, 9.17) is 11.6 Å². The van der Waals surface area contributed by atoms with Crippen LogP contribution in [0.4, 0.5) is 8.78 Å². The first-order valence-electron chi connectivity index (χ1n) is 9.06. The summed E-state index contributed by atoms with van der Waals surface area (Å²) in [6, 6.07) is 10.7. The van der Waals surface area contributed by atoms with Crippen molar-refractivity contribution in [2.24, 2.45) is 0 Å². The molecule has 5 nitrogen and oxygen atoms in total. The molecule has 0 N–H and O–H groups in total. The van der Waals surface area contributed by atoms with Crippen molar-refractivity contribution in [3.05, 3.63) is 77.2 Å². The monoisotopic (exact) mass is 413 g/mol. The van der Waals surface area contributed by atoms with Crippen LogP contribution in [0.5, 0.6) is 0 Å². The molecule has 0 spiro atoms. The Morgan fingerprint density at radius 3 is 2.55 bits per heavy atom. The smallest absolute Gasteiger partial charge is 0.161 e. The fourth-order valence-corrected chi connectivity index (χ4v) is 3.46. The maximum Gasteiger partial charge on any atom is 0.161 e. The Balaban J connectivity index is 1.52. The molecule has 0 unspecified atom stereocenters. The molecule has 0 aliphatic rings. The van der Waals surface area contributed by atoms with Gasteiger partial charge in [-0.15, -0.1) is 0 Å². The molecule has 2 aromatic heterocycles. The first-order valence-corrected chi connectivity index (χ1v) is 9.44. The quantitative estimate of drug-likeness (QED) is 0.465. The maximum absolute atomic E-state index is 13.4. The second-order valence-corrected chi connectivity index (χ2v) is 7.22. The van der Waals surface area contributed by atoms with Crippen LogP contribution < -0.4 is 0 Å². The Labute approximate surface area is 171 Å². The zero-order valence-corrected chi connectivity index (χ0v) is 16.4. The number of hydrogen-bond acceptors (Lipinski definition) is 4. The van der Waals surface area contributed by atoms with Gasteiger partial charge in [0, 0.05) is 18.7 Å². The van der Waals surface area contributed by atoms with Crippen molar-refractivity contribution in [3.8, 4) is 11.3 Å². The summed E-state index contributed by atoms with van der Waals surface area (Å²) >= 11 is 6.20.